The van der Waals surface area contributed by atoms with Gasteiger partial charge in [0, 0.05) is 18.7 Å². The molecule has 1 heterocycles. The summed E-state index contributed by atoms with van der Waals surface area (Å²) in [6.45, 7) is 2.64. The van der Waals surface area contributed by atoms with Crippen molar-refractivity contribution in [2.24, 2.45) is 0 Å². The Labute approximate surface area is 168 Å². The van der Waals surface area contributed by atoms with Crippen LogP contribution in [0.2, 0.25) is 0 Å². The summed E-state index contributed by atoms with van der Waals surface area (Å²) in [7, 11) is 1.48. The third kappa shape index (κ3) is 3.73. The average Bonchev–Trinajstić information content (AvgIpc) is 3.17. The predicted octanol–water partition coefficient (Wildman–Crippen LogP) is 2.34. The molecule has 0 radical (unpaired) electrons. The number of nitrogens with one attached hydrogen (secondary N) is 2. The van der Waals surface area contributed by atoms with Gasteiger partial charge in [-0.05, 0) is 30.2 Å². The number of carbonyl (C=O) groups is 3. The van der Waals surface area contributed by atoms with Crippen molar-refractivity contribution in [1.29, 1.82) is 0 Å². The first kappa shape index (κ1) is 20.2. The minimum absolute atomic E-state index is 0.162. The standard InChI is InChI=1S/C21H23N3O5/c1-3-21(19(26)27,15-7-5-4-6-8-15)23-18(25)14-9-10-17(29-2)16(13-14)24-12-11-22-20(24)28/h4-10,13H,3,11-12H2,1-2H3,(H,22,28)(H,23,25)(H,26,27). The molecular formula is C21H23N3O5. The van der Waals surface area contributed by atoms with E-state index >= 15 is 0 Å². The third-order valence-electron chi connectivity index (χ3n) is 5.08. The van der Waals surface area contributed by atoms with Crippen molar-refractivity contribution in [2.75, 3.05) is 25.1 Å². The molecule has 0 aliphatic carbocycles. The summed E-state index contributed by atoms with van der Waals surface area (Å²) in [6, 6.07) is 13.0. The maximum absolute atomic E-state index is 13.0. The Hall–Kier alpha value is -3.55. The van der Waals surface area contributed by atoms with Gasteiger partial charge in [0.25, 0.3) is 5.91 Å². The van der Waals surface area contributed by atoms with E-state index in [2.05, 4.69) is 10.6 Å². The quantitative estimate of drug-likeness (QED) is 0.665. The summed E-state index contributed by atoms with van der Waals surface area (Å²) >= 11 is 0. The highest BCUT2D eigenvalue weighted by Crippen LogP contribution is 2.31. The third-order valence-corrected chi connectivity index (χ3v) is 5.08. The van der Waals surface area contributed by atoms with Gasteiger partial charge in [-0.25, -0.2) is 9.59 Å². The van der Waals surface area contributed by atoms with Gasteiger partial charge in [0.15, 0.2) is 5.54 Å². The lowest BCUT2D eigenvalue weighted by atomic mass is 9.87. The second-order valence-corrected chi connectivity index (χ2v) is 6.65. The van der Waals surface area contributed by atoms with Gasteiger partial charge in [0.1, 0.15) is 5.75 Å². The predicted molar refractivity (Wildman–Crippen MR) is 107 cm³/mol. The van der Waals surface area contributed by atoms with Crippen LogP contribution in [0.25, 0.3) is 0 Å². The van der Waals surface area contributed by atoms with Gasteiger partial charge < -0.3 is 20.5 Å². The van der Waals surface area contributed by atoms with Crippen LogP contribution < -0.4 is 20.3 Å². The number of urea groups is 1. The molecule has 3 amide bonds. The first-order valence-electron chi connectivity index (χ1n) is 9.27. The Morgan fingerprint density at radius 3 is 2.52 bits per heavy atom. The number of nitrogens with zero attached hydrogens (tertiary/aromatic N) is 1. The number of carboxylic acids is 1. The van der Waals surface area contributed by atoms with Crippen molar-refractivity contribution >= 4 is 23.6 Å². The lowest BCUT2D eigenvalue weighted by Crippen LogP contribution is -2.51. The molecule has 1 unspecified atom stereocenters. The van der Waals surface area contributed by atoms with E-state index < -0.39 is 17.4 Å². The highest BCUT2D eigenvalue weighted by atomic mass is 16.5. The Bertz CT molecular complexity index is 931. The molecule has 2 aromatic rings. The van der Waals surface area contributed by atoms with Gasteiger partial charge in [0.2, 0.25) is 0 Å². The number of ether oxygens (including phenoxy) is 1. The smallest absolute Gasteiger partial charge is 0.334 e. The number of hydrogen-bond acceptors (Lipinski definition) is 4. The highest BCUT2D eigenvalue weighted by molar-refractivity contribution is 6.01. The van der Waals surface area contributed by atoms with Crippen LogP contribution in [0.1, 0.15) is 29.3 Å². The normalized spacial score (nSPS) is 15.4. The zero-order valence-electron chi connectivity index (χ0n) is 16.3. The lowest BCUT2D eigenvalue weighted by Gasteiger charge is -2.30. The van der Waals surface area contributed by atoms with Crippen LogP contribution in [0.3, 0.4) is 0 Å². The van der Waals surface area contributed by atoms with E-state index in [0.717, 1.165) is 0 Å². The maximum Gasteiger partial charge on any atom is 0.334 e. The number of carbonyl (C=O) groups excluding carboxylic acids is 2. The summed E-state index contributed by atoms with van der Waals surface area (Å²) in [5.41, 5.74) is -0.400. The molecule has 2 aromatic carbocycles. The minimum atomic E-state index is -1.57. The topological polar surface area (TPSA) is 108 Å². The van der Waals surface area contributed by atoms with Gasteiger partial charge in [-0.15, -0.1) is 0 Å². The van der Waals surface area contributed by atoms with Crippen molar-refractivity contribution in [2.45, 2.75) is 18.9 Å². The van der Waals surface area contributed by atoms with Crippen LogP contribution in [0.5, 0.6) is 5.75 Å². The summed E-state index contributed by atoms with van der Waals surface area (Å²) in [4.78, 5) is 38.7. The van der Waals surface area contributed by atoms with Crippen LogP contribution in [0.15, 0.2) is 48.5 Å². The first-order valence-corrected chi connectivity index (χ1v) is 9.27. The van der Waals surface area contributed by atoms with Crippen molar-refractivity contribution in [3.8, 4) is 5.75 Å². The van der Waals surface area contributed by atoms with Crippen LogP contribution >= 0.6 is 0 Å². The summed E-state index contributed by atoms with van der Waals surface area (Å²) < 4.78 is 5.32. The number of hydrogen-bond donors (Lipinski definition) is 3. The molecule has 1 fully saturated rings. The monoisotopic (exact) mass is 397 g/mol. The van der Waals surface area contributed by atoms with Crippen LogP contribution in [-0.2, 0) is 10.3 Å². The largest absolute Gasteiger partial charge is 0.495 e. The van der Waals surface area contributed by atoms with Gasteiger partial charge in [-0.2, -0.15) is 0 Å². The van der Waals surface area contributed by atoms with E-state index in [1.54, 1.807) is 49.4 Å². The molecule has 1 atom stereocenters. The van der Waals surface area contributed by atoms with Crippen molar-refractivity contribution in [3.05, 3.63) is 59.7 Å². The zero-order chi connectivity index (χ0) is 21.0. The first-order chi connectivity index (χ1) is 13.9. The molecule has 1 aliphatic rings. The molecular weight excluding hydrogens is 374 g/mol. The molecule has 3 N–H and O–H groups in total. The number of rotatable bonds is 7. The molecule has 29 heavy (non-hydrogen) atoms. The van der Waals surface area contributed by atoms with Gasteiger partial charge in [-0.1, -0.05) is 37.3 Å². The molecule has 0 bridgehead atoms. The molecule has 8 nitrogen and oxygen atoms in total. The van der Waals surface area contributed by atoms with E-state index in [4.69, 9.17) is 4.74 Å². The minimum Gasteiger partial charge on any atom is -0.495 e. The van der Waals surface area contributed by atoms with Gasteiger partial charge in [0.05, 0.1) is 12.8 Å². The number of methoxy groups -OCH3 is 1. The second kappa shape index (κ2) is 8.22. The Kier molecular flexibility index (Phi) is 5.72. The zero-order valence-corrected chi connectivity index (χ0v) is 16.3. The molecule has 0 spiro atoms. The average molecular weight is 397 g/mol. The Morgan fingerprint density at radius 2 is 1.97 bits per heavy atom. The van der Waals surface area contributed by atoms with Crippen molar-refractivity contribution < 1.29 is 24.2 Å². The maximum atomic E-state index is 13.0. The second-order valence-electron chi connectivity index (χ2n) is 6.65. The number of anilines is 1. The van der Waals surface area contributed by atoms with Crippen molar-refractivity contribution in [3.63, 3.8) is 0 Å². The molecule has 8 heteroatoms. The highest BCUT2D eigenvalue weighted by Gasteiger charge is 2.40. The molecule has 0 aromatic heterocycles. The van der Waals surface area contributed by atoms with Crippen molar-refractivity contribution in [1.82, 2.24) is 10.6 Å². The Morgan fingerprint density at radius 1 is 1.24 bits per heavy atom. The summed E-state index contributed by atoms with van der Waals surface area (Å²) in [5.74, 6) is -1.25. The van der Waals surface area contributed by atoms with E-state index in [1.807, 2.05) is 0 Å². The molecule has 0 saturated carbocycles. The molecule has 1 saturated heterocycles. The van der Waals surface area contributed by atoms with Crippen LogP contribution in [0, 0.1) is 0 Å². The van der Waals surface area contributed by atoms with E-state index in [9.17, 15) is 19.5 Å². The fourth-order valence-electron chi connectivity index (χ4n) is 3.43. The van der Waals surface area contributed by atoms with E-state index in [-0.39, 0.29) is 18.0 Å². The fraction of sp³-hybridized carbons (Fsp3) is 0.286. The molecule has 152 valence electrons. The Balaban J connectivity index is 1.97. The molecule has 1 aliphatic heterocycles. The van der Waals surface area contributed by atoms with E-state index in [1.165, 1.54) is 18.1 Å². The van der Waals surface area contributed by atoms with Crippen LogP contribution in [0.4, 0.5) is 10.5 Å². The number of aliphatic carboxylic acids is 1. The summed E-state index contributed by atoms with van der Waals surface area (Å²) in [6.07, 6.45) is 0.162. The number of carboxylic acid groups (broad SMARTS) is 1. The van der Waals surface area contributed by atoms with Crippen LogP contribution in [-0.4, -0.2) is 43.2 Å². The SMILES string of the molecule is CCC(NC(=O)c1ccc(OC)c(N2CCNC2=O)c1)(C(=O)O)c1ccccc1. The number of amides is 3. The fourth-order valence-corrected chi connectivity index (χ4v) is 3.43. The summed E-state index contributed by atoms with van der Waals surface area (Å²) in [5, 5.41) is 15.3. The number of benzene rings is 2. The molecule has 3 rings (SSSR count). The van der Waals surface area contributed by atoms with E-state index in [0.29, 0.717) is 30.1 Å². The van der Waals surface area contributed by atoms with Gasteiger partial charge in [-0.3, -0.25) is 9.69 Å². The van der Waals surface area contributed by atoms with Gasteiger partial charge >= 0.3 is 12.0 Å². The lowest BCUT2D eigenvalue weighted by molar-refractivity contribution is -0.145.